The minimum atomic E-state index is 0.124. The van der Waals surface area contributed by atoms with Crippen LogP contribution in [0.2, 0.25) is 0 Å². The van der Waals surface area contributed by atoms with Crippen LogP contribution in [0.3, 0.4) is 0 Å². The van der Waals surface area contributed by atoms with Gasteiger partial charge >= 0.3 is 0 Å². The second kappa shape index (κ2) is 2.95. The SMILES string of the molecule is CNC(C)(C)c1ccc(C)s1. The van der Waals surface area contributed by atoms with E-state index in [0.29, 0.717) is 0 Å². The Balaban J connectivity index is 2.92. The molecule has 0 spiro atoms. The first-order valence-corrected chi connectivity index (χ1v) is 4.64. The van der Waals surface area contributed by atoms with Crippen molar-refractivity contribution in [2.75, 3.05) is 7.05 Å². The van der Waals surface area contributed by atoms with Crippen LogP contribution in [0.25, 0.3) is 0 Å². The highest BCUT2D eigenvalue weighted by Gasteiger charge is 2.18. The fourth-order valence-corrected chi connectivity index (χ4v) is 1.87. The van der Waals surface area contributed by atoms with Gasteiger partial charge in [-0.25, -0.2) is 0 Å². The first-order chi connectivity index (χ1) is 5.06. The zero-order valence-corrected chi connectivity index (χ0v) is 8.38. The highest BCUT2D eigenvalue weighted by atomic mass is 32.1. The maximum absolute atomic E-state index is 3.28. The largest absolute Gasteiger partial charge is 0.310 e. The maximum atomic E-state index is 3.28. The van der Waals surface area contributed by atoms with Gasteiger partial charge in [-0.2, -0.15) is 0 Å². The second-order valence-electron chi connectivity index (χ2n) is 3.29. The van der Waals surface area contributed by atoms with E-state index in [9.17, 15) is 0 Å². The molecule has 0 bridgehead atoms. The molecule has 1 rings (SSSR count). The summed E-state index contributed by atoms with van der Waals surface area (Å²) in [4.78, 5) is 2.78. The van der Waals surface area contributed by atoms with Crippen molar-refractivity contribution in [1.82, 2.24) is 5.32 Å². The fraction of sp³-hybridized carbons (Fsp3) is 0.556. The van der Waals surface area contributed by atoms with E-state index in [4.69, 9.17) is 0 Å². The van der Waals surface area contributed by atoms with Crippen LogP contribution in [0.15, 0.2) is 12.1 Å². The molecule has 0 atom stereocenters. The molecule has 11 heavy (non-hydrogen) atoms. The molecule has 0 amide bonds. The average Bonchev–Trinajstić information content (AvgIpc) is 2.36. The summed E-state index contributed by atoms with van der Waals surface area (Å²) < 4.78 is 0. The molecule has 0 radical (unpaired) electrons. The van der Waals surface area contributed by atoms with E-state index in [1.165, 1.54) is 9.75 Å². The molecule has 1 N–H and O–H groups in total. The molecule has 0 aliphatic heterocycles. The zero-order chi connectivity index (χ0) is 8.48. The molecule has 0 aliphatic carbocycles. The van der Waals surface area contributed by atoms with E-state index in [-0.39, 0.29) is 5.54 Å². The van der Waals surface area contributed by atoms with Crippen LogP contribution in [0.1, 0.15) is 23.6 Å². The molecule has 1 aromatic heterocycles. The van der Waals surface area contributed by atoms with Crippen molar-refractivity contribution in [3.63, 3.8) is 0 Å². The summed E-state index contributed by atoms with van der Waals surface area (Å²) in [5, 5.41) is 3.28. The quantitative estimate of drug-likeness (QED) is 0.717. The number of rotatable bonds is 2. The third-order valence-electron chi connectivity index (χ3n) is 1.98. The first kappa shape index (κ1) is 8.75. The Bertz CT molecular complexity index is 237. The lowest BCUT2D eigenvalue weighted by Gasteiger charge is -2.21. The monoisotopic (exact) mass is 169 g/mol. The van der Waals surface area contributed by atoms with Gasteiger partial charge in [0.25, 0.3) is 0 Å². The van der Waals surface area contributed by atoms with E-state index in [1.807, 2.05) is 18.4 Å². The molecular weight excluding hydrogens is 154 g/mol. The van der Waals surface area contributed by atoms with E-state index in [0.717, 1.165) is 0 Å². The van der Waals surface area contributed by atoms with Crippen molar-refractivity contribution in [3.8, 4) is 0 Å². The van der Waals surface area contributed by atoms with Gasteiger partial charge in [0, 0.05) is 15.3 Å². The Hall–Kier alpha value is -0.340. The standard InChI is InChI=1S/C9H15NS/c1-7-5-6-8(11-7)9(2,3)10-4/h5-6,10H,1-4H3. The predicted molar refractivity (Wildman–Crippen MR) is 51.1 cm³/mol. The van der Waals surface area contributed by atoms with Crippen LogP contribution in [0, 0.1) is 6.92 Å². The molecule has 0 saturated heterocycles. The van der Waals surface area contributed by atoms with Crippen molar-refractivity contribution in [2.45, 2.75) is 26.3 Å². The van der Waals surface area contributed by atoms with Crippen LogP contribution in [0.4, 0.5) is 0 Å². The van der Waals surface area contributed by atoms with Crippen molar-refractivity contribution in [1.29, 1.82) is 0 Å². The molecular formula is C9H15NS. The van der Waals surface area contributed by atoms with Gasteiger partial charge in [0.05, 0.1) is 0 Å². The van der Waals surface area contributed by atoms with Gasteiger partial charge in [-0.1, -0.05) is 0 Å². The van der Waals surface area contributed by atoms with Crippen LogP contribution >= 0.6 is 11.3 Å². The lowest BCUT2D eigenvalue weighted by molar-refractivity contribution is 0.454. The summed E-state index contributed by atoms with van der Waals surface area (Å²) in [5.74, 6) is 0. The van der Waals surface area contributed by atoms with Crippen molar-refractivity contribution in [2.24, 2.45) is 0 Å². The lowest BCUT2D eigenvalue weighted by atomic mass is 10.0. The van der Waals surface area contributed by atoms with Gasteiger partial charge in [0.2, 0.25) is 0 Å². The molecule has 0 aromatic carbocycles. The number of nitrogens with one attached hydrogen (secondary N) is 1. The molecule has 2 heteroatoms. The summed E-state index contributed by atoms with van der Waals surface area (Å²) in [5.41, 5.74) is 0.124. The molecule has 1 heterocycles. The van der Waals surface area contributed by atoms with E-state index >= 15 is 0 Å². The second-order valence-corrected chi connectivity index (χ2v) is 4.57. The Morgan fingerprint density at radius 3 is 2.36 bits per heavy atom. The summed E-state index contributed by atoms with van der Waals surface area (Å²) in [7, 11) is 2.00. The van der Waals surface area contributed by atoms with Gasteiger partial charge in [0.1, 0.15) is 0 Å². The Labute approximate surface area is 72.4 Å². The summed E-state index contributed by atoms with van der Waals surface area (Å²) in [6.07, 6.45) is 0. The normalized spacial score (nSPS) is 12.0. The van der Waals surface area contributed by atoms with E-state index in [2.05, 4.69) is 38.2 Å². The number of hydrogen-bond acceptors (Lipinski definition) is 2. The maximum Gasteiger partial charge on any atom is 0.0469 e. The Kier molecular flexibility index (Phi) is 2.35. The number of hydrogen-bond donors (Lipinski definition) is 1. The molecule has 1 nitrogen and oxygen atoms in total. The highest BCUT2D eigenvalue weighted by Crippen LogP contribution is 2.26. The van der Waals surface area contributed by atoms with Gasteiger partial charge in [-0.3, -0.25) is 0 Å². The third-order valence-corrected chi connectivity index (χ3v) is 3.31. The van der Waals surface area contributed by atoms with E-state index < -0.39 is 0 Å². The van der Waals surface area contributed by atoms with Crippen molar-refractivity contribution >= 4 is 11.3 Å². The third kappa shape index (κ3) is 1.82. The van der Waals surface area contributed by atoms with Crippen LogP contribution < -0.4 is 5.32 Å². The topological polar surface area (TPSA) is 12.0 Å². The predicted octanol–water partition coefficient (Wildman–Crippen LogP) is 2.51. The van der Waals surface area contributed by atoms with Gasteiger partial charge in [0.15, 0.2) is 0 Å². The minimum absolute atomic E-state index is 0.124. The molecule has 0 saturated carbocycles. The zero-order valence-electron chi connectivity index (χ0n) is 7.56. The molecule has 0 fully saturated rings. The summed E-state index contributed by atoms with van der Waals surface area (Å²) in [6, 6.07) is 4.36. The van der Waals surface area contributed by atoms with Crippen LogP contribution in [-0.2, 0) is 5.54 Å². The van der Waals surface area contributed by atoms with Crippen molar-refractivity contribution in [3.05, 3.63) is 21.9 Å². The molecule has 62 valence electrons. The number of thiophene rings is 1. The van der Waals surface area contributed by atoms with E-state index in [1.54, 1.807) is 0 Å². The average molecular weight is 169 g/mol. The first-order valence-electron chi connectivity index (χ1n) is 3.82. The molecule has 0 aliphatic rings. The lowest BCUT2D eigenvalue weighted by Crippen LogP contribution is -2.31. The molecule has 1 aromatic rings. The minimum Gasteiger partial charge on any atom is -0.310 e. The highest BCUT2D eigenvalue weighted by molar-refractivity contribution is 7.12. The van der Waals surface area contributed by atoms with Crippen molar-refractivity contribution < 1.29 is 0 Å². The van der Waals surface area contributed by atoms with Gasteiger partial charge < -0.3 is 5.32 Å². The van der Waals surface area contributed by atoms with Gasteiger partial charge in [-0.15, -0.1) is 11.3 Å². The summed E-state index contributed by atoms with van der Waals surface area (Å²) >= 11 is 1.86. The van der Waals surface area contributed by atoms with Crippen LogP contribution in [-0.4, -0.2) is 7.05 Å². The summed E-state index contributed by atoms with van der Waals surface area (Å²) in [6.45, 7) is 6.52. The number of aryl methyl sites for hydroxylation is 1. The fourth-order valence-electron chi connectivity index (χ4n) is 0.894. The Morgan fingerprint density at radius 1 is 1.36 bits per heavy atom. The molecule has 0 unspecified atom stereocenters. The smallest absolute Gasteiger partial charge is 0.0469 e. The van der Waals surface area contributed by atoms with Crippen LogP contribution in [0.5, 0.6) is 0 Å². The van der Waals surface area contributed by atoms with Gasteiger partial charge in [-0.05, 0) is 40.0 Å². The Morgan fingerprint density at radius 2 is 2.00 bits per heavy atom.